The second kappa shape index (κ2) is 7.03. The summed E-state index contributed by atoms with van der Waals surface area (Å²) in [5.74, 6) is 0. The highest BCUT2D eigenvalue weighted by molar-refractivity contribution is 5.73. The van der Waals surface area contributed by atoms with Gasteiger partial charge in [0.15, 0.2) is 12.4 Å². The number of aryl methyl sites for hydroxylation is 2. The third-order valence-electron chi connectivity index (χ3n) is 4.87. The summed E-state index contributed by atoms with van der Waals surface area (Å²) in [5.41, 5.74) is 8.05. The molecule has 0 aliphatic heterocycles. The molecule has 0 amide bonds. The minimum atomic E-state index is 0.298. The molecule has 0 spiro atoms. The molecule has 0 radical (unpaired) electrons. The Morgan fingerprint density at radius 2 is 1.42 bits per heavy atom. The summed E-state index contributed by atoms with van der Waals surface area (Å²) in [4.78, 5) is 0. The maximum atomic E-state index is 2.29. The highest BCUT2D eigenvalue weighted by Crippen LogP contribution is 2.29. The molecule has 2 aromatic heterocycles. The van der Waals surface area contributed by atoms with Gasteiger partial charge in [0.05, 0.1) is 0 Å². The van der Waals surface area contributed by atoms with Crippen molar-refractivity contribution in [2.45, 2.75) is 34.1 Å². The lowest BCUT2D eigenvalue weighted by molar-refractivity contribution is -0.661. The van der Waals surface area contributed by atoms with Crippen molar-refractivity contribution < 1.29 is 9.13 Å². The molecule has 3 rings (SSSR count). The van der Waals surface area contributed by atoms with Crippen molar-refractivity contribution in [3.05, 3.63) is 72.1 Å². The SMILES string of the molecule is Cc1c(-c2cccc[n+]2C)cccc1-c1ccc(CC(C)(C)C)c[n+]1C. The van der Waals surface area contributed by atoms with Gasteiger partial charge in [-0.2, -0.15) is 0 Å². The van der Waals surface area contributed by atoms with Gasteiger partial charge >= 0.3 is 0 Å². The van der Waals surface area contributed by atoms with Crippen LogP contribution in [0.15, 0.2) is 60.9 Å². The molecule has 3 aromatic rings. The quantitative estimate of drug-likeness (QED) is 0.614. The number of pyridine rings is 2. The van der Waals surface area contributed by atoms with Crippen LogP contribution in [0.5, 0.6) is 0 Å². The van der Waals surface area contributed by atoms with Crippen LogP contribution in [0.3, 0.4) is 0 Å². The summed E-state index contributed by atoms with van der Waals surface area (Å²) in [6.07, 6.45) is 5.46. The van der Waals surface area contributed by atoms with E-state index in [0.29, 0.717) is 5.41 Å². The molecule has 1 aromatic carbocycles. The fourth-order valence-corrected chi connectivity index (χ4v) is 3.66. The molecule has 2 nitrogen and oxygen atoms in total. The first-order valence-electron chi connectivity index (χ1n) is 9.30. The van der Waals surface area contributed by atoms with E-state index in [0.717, 1.165) is 6.42 Å². The van der Waals surface area contributed by atoms with Crippen LogP contribution in [0, 0.1) is 12.3 Å². The molecule has 134 valence electrons. The van der Waals surface area contributed by atoms with E-state index in [1.165, 1.54) is 33.6 Å². The van der Waals surface area contributed by atoms with Crippen LogP contribution in [-0.2, 0) is 20.5 Å². The minimum Gasteiger partial charge on any atom is -0.201 e. The second-order valence-electron chi connectivity index (χ2n) is 8.45. The number of benzene rings is 1. The van der Waals surface area contributed by atoms with Crippen molar-refractivity contribution in [1.82, 2.24) is 0 Å². The van der Waals surface area contributed by atoms with Gasteiger partial charge in [-0.15, -0.1) is 0 Å². The number of nitrogens with zero attached hydrogens (tertiary/aromatic N) is 2. The summed E-state index contributed by atoms with van der Waals surface area (Å²) in [6, 6.07) is 17.5. The maximum Gasteiger partial charge on any atom is 0.212 e. The zero-order valence-corrected chi connectivity index (χ0v) is 16.9. The topological polar surface area (TPSA) is 7.76 Å². The van der Waals surface area contributed by atoms with Crippen molar-refractivity contribution >= 4 is 0 Å². The molecule has 0 N–H and O–H groups in total. The van der Waals surface area contributed by atoms with Gasteiger partial charge in [0.1, 0.15) is 14.1 Å². The Hall–Kier alpha value is -2.48. The molecule has 0 aliphatic rings. The fourth-order valence-electron chi connectivity index (χ4n) is 3.66. The molecule has 0 atom stereocenters. The van der Waals surface area contributed by atoms with E-state index in [1.54, 1.807) is 0 Å². The highest BCUT2D eigenvalue weighted by Gasteiger charge is 2.20. The molecular weight excluding hydrogens is 316 g/mol. The van der Waals surface area contributed by atoms with Gasteiger partial charge in [-0.3, -0.25) is 0 Å². The average molecular weight is 347 g/mol. The molecular formula is C24H30N2+2. The van der Waals surface area contributed by atoms with Crippen molar-refractivity contribution in [1.29, 1.82) is 0 Å². The summed E-state index contributed by atoms with van der Waals surface area (Å²) in [7, 11) is 4.25. The van der Waals surface area contributed by atoms with Gasteiger partial charge in [-0.05, 0) is 48.6 Å². The Labute approximate surface area is 157 Å². The monoisotopic (exact) mass is 346 g/mol. The van der Waals surface area contributed by atoms with Gasteiger partial charge in [0.2, 0.25) is 11.4 Å². The highest BCUT2D eigenvalue weighted by atomic mass is 14.9. The van der Waals surface area contributed by atoms with E-state index in [1.807, 2.05) is 0 Å². The Balaban J connectivity index is 2.06. The first-order chi connectivity index (χ1) is 12.3. The Morgan fingerprint density at radius 1 is 0.769 bits per heavy atom. The van der Waals surface area contributed by atoms with Crippen molar-refractivity contribution in [3.63, 3.8) is 0 Å². The van der Waals surface area contributed by atoms with Crippen LogP contribution >= 0.6 is 0 Å². The lowest BCUT2D eigenvalue weighted by atomic mass is 9.88. The molecule has 0 saturated heterocycles. The predicted molar refractivity (Wildman–Crippen MR) is 108 cm³/mol. The molecule has 0 saturated carbocycles. The van der Waals surface area contributed by atoms with E-state index in [9.17, 15) is 0 Å². The largest absolute Gasteiger partial charge is 0.212 e. The molecule has 0 fully saturated rings. The standard InChI is InChI=1S/C24H30N2/c1-18-20(22-12-7-8-15-25(22)5)10-9-11-21(18)23-14-13-19(17-26(23)6)16-24(2,3)4/h7-15,17H,16H2,1-6H3/q+2. The number of rotatable bonds is 3. The predicted octanol–water partition coefficient (Wildman–Crippen LogP) is 4.57. The number of hydrogen-bond acceptors (Lipinski definition) is 0. The van der Waals surface area contributed by atoms with E-state index < -0.39 is 0 Å². The third kappa shape index (κ3) is 3.85. The van der Waals surface area contributed by atoms with Crippen LogP contribution in [-0.4, -0.2) is 0 Å². The van der Waals surface area contributed by atoms with Crippen LogP contribution < -0.4 is 9.13 Å². The zero-order chi connectivity index (χ0) is 18.9. The number of aromatic nitrogens is 2. The van der Waals surface area contributed by atoms with Crippen LogP contribution in [0.1, 0.15) is 31.9 Å². The smallest absolute Gasteiger partial charge is 0.201 e. The Morgan fingerprint density at radius 3 is 2.00 bits per heavy atom. The Kier molecular flexibility index (Phi) is 4.95. The van der Waals surface area contributed by atoms with Crippen molar-refractivity contribution in [2.75, 3.05) is 0 Å². The summed E-state index contributed by atoms with van der Waals surface area (Å²) in [5, 5.41) is 0. The van der Waals surface area contributed by atoms with Gasteiger partial charge < -0.3 is 0 Å². The Bertz CT molecular complexity index is 933. The number of hydrogen-bond donors (Lipinski definition) is 0. The maximum absolute atomic E-state index is 2.29. The van der Waals surface area contributed by atoms with Gasteiger partial charge in [0, 0.05) is 34.9 Å². The second-order valence-corrected chi connectivity index (χ2v) is 8.45. The zero-order valence-electron chi connectivity index (χ0n) is 16.9. The molecule has 0 bridgehead atoms. The molecule has 26 heavy (non-hydrogen) atoms. The van der Waals surface area contributed by atoms with E-state index >= 15 is 0 Å². The first-order valence-corrected chi connectivity index (χ1v) is 9.30. The lowest BCUT2D eigenvalue weighted by Crippen LogP contribution is -2.32. The van der Waals surface area contributed by atoms with Gasteiger partial charge in [0.25, 0.3) is 0 Å². The van der Waals surface area contributed by atoms with Crippen LogP contribution in [0.2, 0.25) is 0 Å². The lowest BCUT2D eigenvalue weighted by Gasteiger charge is -2.17. The summed E-state index contributed by atoms with van der Waals surface area (Å²) in [6.45, 7) is 9.08. The van der Waals surface area contributed by atoms with E-state index in [4.69, 9.17) is 0 Å². The van der Waals surface area contributed by atoms with E-state index in [-0.39, 0.29) is 0 Å². The summed E-state index contributed by atoms with van der Waals surface area (Å²) >= 11 is 0. The third-order valence-corrected chi connectivity index (χ3v) is 4.87. The van der Waals surface area contributed by atoms with Crippen LogP contribution in [0.4, 0.5) is 0 Å². The summed E-state index contributed by atoms with van der Waals surface area (Å²) < 4.78 is 4.44. The average Bonchev–Trinajstić information content (AvgIpc) is 2.55. The van der Waals surface area contributed by atoms with Crippen LogP contribution in [0.25, 0.3) is 22.5 Å². The van der Waals surface area contributed by atoms with Gasteiger partial charge in [-0.1, -0.05) is 26.8 Å². The van der Waals surface area contributed by atoms with Gasteiger partial charge in [-0.25, -0.2) is 9.13 Å². The fraction of sp³-hybridized carbons (Fsp3) is 0.333. The molecule has 2 heteroatoms. The molecule has 0 aliphatic carbocycles. The molecule has 2 heterocycles. The minimum absolute atomic E-state index is 0.298. The van der Waals surface area contributed by atoms with Crippen molar-refractivity contribution in [2.24, 2.45) is 19.5 Å². The molecule has 0 unspecified atom stereocenters. The van der Waals surface area contributed by atoms with Crippen molar-refractivity contribution in [3.8, 4) is 22.5 Å². The normalized spacial score (nSPS) is 11.6. The first kappa shape index (κ1) is 18.3. The van der Waals surface area contributed by atoms with E-state index in [2.05, 4.69) is 112 Å².